The molecule has 2 N–H and O–H groups in total. The third-order valence-corrected chi connectivity index (χ3v) is 5.04. The van der Waals surface area contributed by atoms with Gasteiger partial charge in [-0.2, -0.15) is 0 Å². The van der Waals surface area contributed by atoms with Crippen molar-refractivity contribution in [2.24, 2.45) is 0 Å². The zero-order valence-electron chi connectivity index (χ0n) is 14.6. The number of hydrazine groups is 1. The Hall–Kier alpha value is -3.11. The third-order valence-electron chi connectivity index (χ3n) is 3.55. The second-order valence-corrected chi connectivity index (χ2v) is 7.20. The van der Waals surface area contributed by atoms with Crippen molar-refractivity contribution in [1.82, 2.24) is 15.4 Å². The number of para-hydroxylation sites is 1. The number of carbonyl (C=O) groups excluding carboxylic acids is 1. The van der Waals surface area contributed by atoms with E-state index in [2.05, 4.69) is 10.6 Å². The highest BCUT2D eigenvalue weighted by Gasteiger charge is 2.25. The Morgan fingerprint density at radius 1 is 1.15 bits per heavy atom. The maximum absolute atomic E-state index is 12.3. The molecule has 10 heteroatoms. The van der Waals surface area contributed by atoms with Crippen molar-refractivity contribution < 1.29 is 26.9 Å². The highest BCUT2D eigenvalue weighted by molar-refractivity contribution is 7.89. The predicted octanol–water partition coefficient (Wildman–Crippen LogP) is 2.09. The number of amides is 1. The van der Waals surface area contributed by atoms with Crippen LogP contribution in [0.4, 0.5) is 0 Å². The average molecular weight is 391 g/mol. The summed E-state index contributed by atoms with van der Waals surface area (Å²) in [5.41, 5.74) is 2.28. The van der Waals surface area contributed by atoms with Crippen LogP contribution in [0.3, 0.4) is 0 Å². The van der Waals surface area contributed by atoms with Gasteiger partial charge in [0.15, 0.2) is 11.5 Å². The van der Waals surface area contributed by atoms with E-state index >= 15 is 0 Å². The number of benzene rings is 1. The summed E-state index contributed by atoms with van der Waals surface area (Å²) in [6, 6.07) is 12.1. The minimum Gasteiger partial charge on any atom is -0.486 e. The van der Waals surface area contributed by atoms with Gasteiger partial charge in [0.1, 0.15) is 28.7 Å². The van der Waals surface area contributed by atoms with Gasteiger partial charge >= 0.3 is 5.91 Å². The van der Waals surface area contributed by atoms with Gasteiger partial charge in [0.05, 0.1) is 0 Å². The molecule has 1 aromatic carbocycles. The topological polar surface area (TPSA) is 124 Å². The SMILES string of the molecule is Cc1noc(C)c1S(=O)(=O)NNC(=O)c1ccc(COc2ccccc2)o1. The van der Waals surface area contributed by atoms with Crippen LogP contribution in [0, 0.1) is 13.8 Å². The molecule has 0 unspecified atom stereocenters. The summed E-state index contributed by atoms with van der Waals surface area (Å²) in [6.45, 7) is 3.07. The molecule has 0 spiro atoms. The fraction of sp³-hybridized carbons (Fsp3) is 0.176. The molecule has 2 aromatic heterocycles. The van der Waals surface area contributed by atoms with E-state index in [9.17, 15) is 13.2 Å². The Morgan fingerprint density at radius 2 is 1.89 bits per heavy atom. The number of rotatable bonds is 7. The van der Waals surface area contributed by atoms with Crippen LogP contribution in [0.25, 0.3) is 0 Å². The smallest absolute Gasteiger partial charge is 0.301 e. The molecule has 0 saturated carbocycles. The minimum atomic E-state index is -4.03. The predicted molar refractivity (Wildman–Crippen MR) is 93.2 cm³/mol. The van der Waals surface area contributed by atoms with E-state index in [1.165, 1.54) is 19.9 Å². The quantitative estimate of drug-likeness (QED) is 0.591. The van der Waals surface area contributed by atoms with Gasteiger partial charge in [-0.05, 0) is 38.1 Å². The molecule has 3 rings (SSSR count). The normalized spacial score (nSPS) is 11.3. The van der Waals surface area contributed by atoms with Crippen LogP contribution in [0.5, 0.6) is 5.75 Å². The molecule has 0 saturated heterocycles. The molecule has 27 heavy (non-hydrogen) atoms. The van der Waals surface area contributed by atoms with Crippen molar-refractivity contribution in [3.05, 3.63) is 65.4 Å². The van der Waals surface area contributed by atoms with Gasteiger partial charge in [-0.15, -0.1) is 4.83 Å². The summed E-state index contributed by atoms with van der Waals surface area (Å²) in [4.78, 5) is 14.0. The van der Waals surface area contributed by atoms with Gasteiger partial charge in [-0.25, -0.2) is 8.42 Å². The number of furan rings is 1. The van der Waals surface area contributed by atoms with E-state index in [0.717, 1.165) is 0 Å². The number of nitrogens with one attached hydrogen (secondary N) is 2. The lowest BCUT2D eigenvalue weighted by molar-refractivity contribution is 0.0913. The van der Waals surface area contributed by atoms with Crippen LogP contribution in [0.2, 0.25) is 0 Å². The number of carbonyl (C=O) groups is 1. The summed E-state index contributed by atoms with van der Waals surface area (Å²) >= 11 is 0. The highest BCUT2D eigenvalue weighted by Crippen LogP contribution is 2.18. The van der Waals surface area contributed by atoms with Crippen molar-refractivity contribution in [3.8, 4) is 5.75 Å². The van der Waals surface area contributed by atoms with E-state index in [4.69, 9.17) is 13.7 Å². The number of sulfonamides is 1. The molecule has 0 aliphatic rings. The van der Waals surface area contributed by atoms with E-state index in [0.29, 0.717) is 11.5 Å². The van der Waals surface area contributed by atoms with Gasteiger partial charge in [0.2, 0.25) is 0 Å². The van der Waals surface area contributed by atoms with Crippen LogP contribution < -0.4 is 15.0 Å². The zero-order valence-corrected chi connectivity index (χ0v) is 15.4. The van der Waals surface area contributed by atoms with Gasteiger partial charge in [0, 0.05) is 0 Å². The lowest BCUT2D eigenvalue weighted by Gasteiger charge is -2.06. The Kier molecular flexibility index (Phi) is 5.28. The first-order valence-corrected chi connectivity index (χ1v) is 9.37. The number of aryl methyl sites for hydroxylation is 2. The molecule has 9 nitrogen and oxygen atoms in total. The number of hydrogen-bond acceptors (Lipinski definition) is 7. The fourth-order valence-electron chi connectivity index (χ4n) is 2.33. The zero-order chi connectivity index (χ0) is 19.4. The number of hydrogen-bond donors (Lipinski definition) is 2. The van der Waals surface area contributed by atoms with Crippen LogP contribution in [0.15, 0.2) is 56.3 Å². The standard InChI is InChI=1S/C17H17N3O6S/c1-11-16(12(2)26-19-11)27(22,23)20-18-17(21)15-9-8-14(25-15)10-24-13-6-4-3-5-7-13/h3-9,20H,10H2,1-2H3,(H,18,21). The van der Waals surface area contributed by atoms with Gasteiger partial charge in [-0.3, -0.25) is 10.2 Å². The first-order valence-electron chi connectivity index (χ1n) is 7.88. The van der Waals surface area contributed by atoms with Crippen LogP contribution in [-0.4, -0.2) is 19.5 Å². The molecule has 2 heterocycles. The Labute approximate surface area is 155 Å². The molecule has 0 aliphatic carbocycles. The molecule has 0 fully saturated rings. The summed E-state index contributed by atoms with van der Waals surface area (Å²) in [5, 5.41) is 3.58. The Morgan fingerprint density at radius 3 is 2.56 bits per heavy atom. The third kappa shape index (κ3) is 4.36. The molecular formula is C17H17N3O6S. The number of ether oxygens (including phenoxy) is 1. The first-order chi connectivity index (χ1) is 12.9. The lowest BCUT2D eigenvalue weighted by Crippen LogP contribution is -2.41. The summed E-state index contributed by atoms with van der Waals surface area (Å²) in [7, 11) is -4.03. The molecule has 0 aliphatic heterocycles. The highest BCUT2D eigenvalue weighted by atomic mass is 32.2. The minimum absolute atomic E-state index is 0.0666. The first kappa shape index (κ1) is 18.7. The van der Waals surface area contributed by atoms with Crippen LogP contribution >= 0.6 is 0 Å². The van der Waals surface area contributed by atoms with Crippen molar-refractivity contribution in [2.45, 2.75) is 25.3 Å². The average Bonchev–Trinajstić information content (AvgIpc) is 3.26. The molecule has 0 radical (unpaired) electrons. The van der Waals surface area contributed by atoms with Crippen LogP contribution in [0.1, 0.15) is 27.8 Å². The Bertz CT molecular complexity index is 1020. The lowest BCUT2D eigenvalue weighted by atomic mass is 10.3. The van der Waals surface area contributed by atoms with Crippen LogP contribution in [-0.2, 0) is 16.6 Å². The van der Waals surface area contributed by atoms with Gasteiger partial charge in [0.25, 0.3) is 10.0 Å². The largest absolute Gasteiger partial charge is 0.486 e. The Balaban J connectivity index is 1.59. The second kappa shape index (κ2) is 7.64. The van der Waals surface area contributed by atoms with Crippen molar-refractivity contribution in [2.75, 3.05) is 0 Å². The van der Waals surface area contributed by atoms with Crippen molar-refractivity contribution in [1.29, 1.82) is 0 Å². The summed E-state index contributed by atoms with van der Waals surface area (Å²) < 4.78 is 40.2. The number of aromatic nitrogens is 1. The molecule has 142 valence electrons. The van der Waals surface area contributed by atoms with E-state index < -0.39 is 15.9 Å². The molecule has 3 aromatic rings. The summed E-state index contributed by atoms with van der Waals surface area (Å²) in [5.74, 6) is 0.372. The maximum Gasteiger partial charge on any atom is 0.301 e. The number of nitrogens with zero attached hydrogens (tertiary/aromatic N) is 1. The van der Waals surface area contributed by atoms with Gasteiger partial charge in [-0.1, -0.05) is 23.4 Å². The maximum atomic E-state index is 12.3. The molecule has 0 bridgehead atoms. The molecular weight excluding hydrogens is 374 g/mol. The van der Waals surface area contributed by atoms with E-state index in [1.807, 2.05) is 23.0 Å². The van der Waals surface area contributed by atoms with Crippen molar-refractivity contribution >= 4 is 15.9 Å². The fourth-order valence-corrected chi connectivity index (χ4v) is 3.50. The summed E-state index contributed by atoms with van der Waals surface area (Å²) in [6.07, 6.45) is 0. The molecule has 1 amide bonds. The monoisotopic (exact) mass is 391 g/mol. The van der Waals surface area contributed by atoms with Gasteiger partial charge < -0.3 is 13.7 Å². The van der Waals surface area contributed by atoms with E-state index in [-0.39, 0.29) is 28.7 Å². The second-order valence-electron chi connectivity index (χ2n) is 5.58. The van der Waals surface area contributed by atoms with E-state index in [1.54, 1.807) is 18.2 Å². The molecule has 0 atom stereocenters. The van der Waals surface area contributed by atoms with Crippen molar-refractivity contribution in [3.63, 3.8) is 0 Å².